The van der Waals surface area contributed by atoms with Crippen LogP contribution >= 0.6 is 0 Å². The van der Waals surface area contributed by atoms with Gasteiger partial charge in [-0.1, -0.05) is 24.3 Å². The Bertz CT molecular complexity index is 1120. The zero-order valence-corrected chi connectivity index (χ0v) is 14.0. The monoisotopic (exact) mass is 348 g/mol. The SMILES string of the molecule is CCc1nc2ccccc2nc1Nc1ccc2c(c1)nnn2CC(=O)O. The summed E-state index contributed by atoms with van der Waals surface area (Å²) < 4.78 is 1.36. The van der Waals surface area contributed by atoms with Crippen molar-refractivity contribution >= 4 is 39.5 Å². The fourth-order valence-electron chi connectivity index (χ4n) is 2.81. The van der Waals surface area contributed by atoms with Crippen molar-refractivity contribution in [2.45, 2.75) is 19.9 Å². The second-order valence-corrected chi connectivity index (χ2v) is 5.83. The number of rotatable bonds is 5. The summed E-state index contributed by atoms with van der Waals surface area (Å²) in [6.07, 6.45) is 0.747. The molecule has 4 aromatic rings. The lowest BCUT2D eigenvalue weighted by Crippen LogP contribution is -2.09. The number of carbonyl (C=O) groups is 1. The second kappa shape index (κ2) is 6.40. The van der Waals surface area contributed by atoms with Gasteiger partial charge < -0.3 is 10.4 Å². The standard InChI is InChI=1S/C18H16N6O2/c1-2-12-18(21-14-6-4-3-5-13(14)20-12)19-11-7-8-16-15(9-11)22-23-24(16)10-17(25)26/h3-9H,2,10H2,1H3,(H,19,21)(H,25,26). The highest BCUT2D eigenvalue weighted by molar-refractivity contribution is 5.82. The molecule has 0 aliphatic rings. The van der Waals surface area contributed by atoms with Crippen LogP contribution in [-0.4, -0.2) is 36.0 Å². The topological polar surface area (TPSA) is 106 Å². The predicted molar refractivity (Wildman–Crippen MR) is 97.4 cm³/mol. The minimum Gasteiger partial charge on any atom is -0.480 e. The molecule has 2 aromatic carbocycles. The molecule has 0 radical (unpaired) electrons. The number of carboxylic acids is 1. The van der Waals surface area contributed by atoms with Crippen molar-refractivity contribution in [3.63, 3.8) is 0 Å². The molecule has 0 saturated carbocycles. The quantitative estimate of drug-likeness (QED) is 0.571. The average molecular weight is 348 g/mol. The van der Waals surface area contributed by atoms with Gasteiger partial charge in [0.15, 0.2) is 5.82 Å². The highest BCUT2D eigenvalue weighted by atomic mass is 16.4. The summed E-state index contributed by atoms with van der Waals surface area (Å²) in [4.78, 5) is 20.2. The molecule has 0 bridgehead atoms. The van der Waals surface area contributed by atoms with Crippen LogP contribution in [0.3, 0.4) is 0 Å². The molecule has 0 saturated heterocycles. The number of aliphatic carboxylic acids is 1. The van der Waals surface area contributed by atoms with Gasteiger partial charge in [-0.2, -0.15) is 0 Å². The first-order valence-corrected chi connectivity index (χ1v) is 8.22. The van der Waals surface area contributed by atoms with Crippen molar-refractivity contribution in [2.24, 2.45) is 0 Å². The largest absolute Gasteiger partial charge is 0.480 e. The smallest absolute Gasteiger partial charge is 0.325 e. The molecule has 0 amide bonds. The summed E-state index contributed by atoms with van der Waals surface area (Å²) in [6.45, 7) is 1.81. The zero-order valence-electron chi connectivity index (χ0n) is 14.0. The normalized spacial score (nSPS) is 11.1. The highest BCUT2D eigenvalue weighted by Crippen LogP contribution is 2.24. The van der Waals surface area contributed by atoms with E-state index in [-0.39, 0.29) is 6.54 Å². The van der Waals surface area contributed by atoms with Gasteiger partial charge in [0.25, 0.3) is 0 Å². The Morgan fingerprint density at radius 2 is 1.88 bits per heavy atom. The van der Waals surface area contributed by atoms with Crippen molar-refractivity contribution in [2.75, 3.05) is 5.32 Å². The van der Waals surface area contributed by atoms with E-state index in [1.54, 1.807) is 6.07 Å². The number of para-hydroxylation sites is 2. The minimum atomic E-state index is -0.960. The van der Waals surface area contributed by atoms with Crippen molar-refractivity contribution in [3.8, 4) is 0 Å². The van der Waals surface area contributed by atoms with Crippen LogP contribution in [0.15, 0.2) is 42.5 Å². The molecule has 0 spiro atoms. The first-order chi connectivity index (χ1) is 12.6. The fourth-order valence-corrected chi connectivity index (χ4v) is 2.81. The number of fused-ring (bicyclic) bond motifs is 2. The first-order valence-electron chi connectivity index (χ1n) is 8.22. The van der Waals surface area contributed by atoms with Crippen LogP contribution < -0.4 is 5.32 Å². The van der Waals surface area contributed by atoms with Gasteiger partial charge in [-0.25, -0.2) is 14.6 Å². The van der Waals surface area contributed by atoms with Crippen LogP contribution in [0.5, 0.6) is 0 Å². The number of aryl methyl sites for hydroxylation is 1. The molecule has 2 N–H and O–H groups in total. The molecule has 0 aliphatic heterocycles. The Labute approximate surface area is 148 Å². The van der Waals surface area contributed by atoms with Gasteiger partial charge in [-0.3, -0.25) is 4.79 Å². The summed E-state index contributed by atoms with van der Waals surface area (Å²) in [5.41, 5.74) is 4.63. The van der Waals surface area contributed by atoms with E-state index in [9.17, 15) is 4.79 Å². The fraction of sp³-hybridized carbons (Fsp3) is 0.167. The maximum absolute atomic E-state index is 10.9. The molecule has 8 nitrogen and oxygen atoms in total. The van der Waals surface area contributed by atoms with Gasteiger partial charge in [0.2, 0.25) is 0 Å². The molecule has 4 rings (SSSR count). The maximum Gasteiger partial charge on any atom is 0.325 e. The molecule has 2 aromatic heterocycles. The third-order valence-electron chi connectivity index (χ3n) is 4.04. The van der Waals surface area contributed by atoms with Crippen LogP contribution in [0.25, 0.3) is 22.1 Å². The number of nitrogens with zero attached hydrogens (tertiary/aromatic N) is 5. The third-order valence-corrected chi connectivity index (χ3v) is 4.04. The summed E-state index contributed by atoms with van der Waals surface area (Å²) in [5, 5.41) is 20.1. The number of aromatic nitrogens is 5. The lowest BCUT2D eigenvalue weighted by molar-refractivity contribution is -0.137. The molecule has 0 aliphatic carbocycles. The molecule has 0 unspecified atom stereocenters. The van der Waals surface area contributed by atoms with Crippen molar-refractivity contribution in [1.29, 1.82) is 0 Å². The first kappa shape index (κ1) is 15.9. The van der Waals surface area contributed by atoms with Crippen LogP contribution in [0, 0.1) is 0 Å². The highest BCUT2D eigenvalue weighted by Gasteiger charge is 2.11. The van der Waals surface area contributed by atoms with E-state index in [0.717, 1.165) is 28.8 Å². The number of nitrogens with one attached hydrogen (secondary N) is 1. The van der Waals surface area contributed by atoms with Crippen LogP contribution in [0.4, 0.5) is 11.5 Å². The summed E-state index contributed by atoms with van der Waals surface area (Å²) >= 11 is 0. The second-order valence-electron chi connectivity index (χ2n) is 5.83. The van der Waals surface area contributed by atoms with Gasteiger partial charge in [-0.15, -0.1) is 5.10 Å². The average Bonchev–Trinajstić information content (AvgIpc) is 3.02. The van der Waals surface area contributed by atoms with Gasteiger partial charge in [0.1, 0.15) is 12.1 Å². The van der Waals surface area contributed by atoms with Crippen LogP contribution in [0.2, 0.25) is 0 Å². The van der Waals surface area contributed by atoms with Crippen molar-refractivity contribution in [1.82, 2.24) is 25.0 Å². The van der Waals surface area contributed by atoms with Crippen LogP contribution in [0.1, 0.15) is 12.6 Å². The number of anilines is 2. The van der Waals surface area contributed by atoms with E-state index < -0.39 is 5.97 Å². The number of hydrogen-bond acceptors (Lipinski definition) is 6. The van der Waals surface area contributed by atoms with Crippen molar-refractivity contribution in [3.05, 3.63) is 48.2 Å². The number of benzene rings is 2. The van der Waals surface area contributed by atoms with Crippen LogP contribution in [-0.2, 0) is 17.8 Å². The van der Waals surface area contributed by atoms with E-state index in [2.05, 4.69) is 25.6 Å². The van der Waals surface area contributed by atoms with E-state index in [1.807, 2.05) is 43.3 Å². The Morgan fingerprint density at radius 1 is 1.12 bits per heavy atom. The van der Waals surface area contributed by atoms with Gasteiger partial charge in [0.05, 0.1) is 22.2 Å². The Hall–Kier alpha value is -3.55. The maximum atomic E-state index is 10.9. The van der Waals surface area contributed by atoms with Gasteiger partial charge in [0, 0.05) is 5.69 Å². The molecular weight excluding hydrogens is 332 g/mol. The zero-order chi connectivity index (χ0) is 18.1. The lowest BCUT2D eigenvalue weighted by Gasteiger charge is -2.11. The molecule has 0 fully saturated rings. The molecule has 2 heterocycles. The van der Waals surface area contributed by atoms with Gasteiger partial charge >= 0.3 is 5.97 Å². The molecule has 26 heavy (non-hydrogen) atoms. The summed E-state index contributed by atoms with van der Waals surface area (Å²) in [7, 11) is 0. The Kier molecular flexibility index (Phi) is 3.92. The lowest BCUT2D eigenvalue weighted by atomic mass is 10.2. The summed E-state index contributed by atoms with van der Waals surface area (Å²) in [6, 6.07) is 13.2. The molecular formula is C18H16N6O2. The minimum absolute atomic E-state index is 0.223. The molecule has 130 valence electrons. The molecule has 0 atom stereocenters. The van der Waals surface area contributed by atoms with E-state index in [0.29, 0.717) is 16.9 Å². The third kappa shape index (κ3) is 2.92. The number of carboxylic acid groups (broad SMARTS) is 1. The summed E-state index contributed by atoms with van der Waals surface area (Å²) in [5.74, 6) is -0.262. The van der Waals surface area contributed by atoms with E-state index >= 15 is 0 Å². The number of hydrogen-bond donors (Lipinski definition) is 2. The Balaban J connectivity index is 1.70. The predicted octanol–water partition coefficient (Wildman–Crippen LogP) is 2.77. The Morgan fingerprint density at radius 3 is 2.62 bits per heavy atom. The van der Waals surface area contributed by atoms with Gasteiger partial charge in [-0.05, 0) is 36.8 Å². The van der Waals surface area contributed by atoms with E-state index in [4.69, 9.17) is 5.11 Å². The molecule has 8 heteroatoms. The van der Waals surface area contributed by atoms with E-state index in [1.165, 1.54) is 4.68 Å². The van der Waals surface area contributed by atoms with Crippen molar-refractivity contribution < 1.29 is 9.90 Å².